The number of nitrogens with zero attached hydrogens (tertiary/aromatic N) is 4. The molecule has 1 fully saturated rings. The molecule has 1 aliphatic rings. The Bertz CT molecular complexity index is 1260. The fourth-order valence-electron chi connectivity index (χ4n) is 4.55. The van der Waals surface area contributed by atoms with E-state index in [1.807, 2.05) is 77.7 Å². The largest absolute Gasteiger partial charge is 0.496 e. The summed E-state index contributed by atoms with van der Waals surface area (Å²) in [4.78, 5) is 15.6. The molecule has 1 saturated heterocycles. The van der Waals surface area contributed by atoms with Crippen molar-refractivity contribution < 1.29 is 9.53 Å². The van der Waals surface area contributed by atoms with E-state index in [1.165, 1.54) is 0 Å². The van der Waals surface area contributed by atoms with Crippen molar-refractivity contribution in [1.29, 1.82) is 0 Å². The van der Waals surface area contributed by atoms with Crippen LogP contribution in [0.25, 0.3) is 11.1 Å². The highest BCUT2D eigenvalue weighted by Crippen LogP contribution is 2.45. The van der Waals surface area contributed by atoms with Gasteiger partial charge in [-0.2, -0.15) is 0 Å². The number of nitrogens with one attached hydrogen (secondary N) is 1. The minimum absolute atomic E-state index is 0.0922. The lowest BCUT2D eigenvalue weighted by Crippen LogP contribution is -2.33. The predicted octanol–water partition coefficient (Wildman–Crippen LogP) is 5.25. The second-order valence-corrected chi connectivity index (χ2v) is 8.31. The minimum atomic E-state index is -0.261. The summed E-state index contributed by atoms with van der Waals surface area (Å²) in [6, 6.07) is 22.6. The van der Waals surface area contributed by atoms with E-state index < -0.39 is 0 Å². The predicted molar refractivity (Wildman–Crippen MR) is 125 cm³/mol. The maximum Gasteiger partial charge on any atom is 0.254 e. The highest BCUT2D eigenvalue weighted by molar-refractivity contribution is 6.31. The normalized spacial score (nSPS) is 17.8. The van der Waals surface area contributed by atoms with E-state index in [-0.39, 0.29) is 18.0 Å². The number of benzene rings is 3. The Labute approximate surface area is 196 Å². The van der Waals surface area contributed by atoms with Crippen LogP contribution in [-0.4, -0.2) is 38.5 Å². The van der Waals surface area contributed by atoms with Gasteiger partial charge in [-0.25, -0.2) is 5.10 Å². The second kappa shape index (κ2) is 9.03. The monoisotopic (exact) mass is 459 g/mol. The Morgan fingerprint density at radius 2 is 1.73 bits per heavy atom. The lowest BCUT2D eigenvalue weighted by Gasteiger charge is -2.30. The molecule has 0 bridgehead atoms. The first-order chi connectivity index (χ1) is 16.2. The number of rotatable bonds is 5. The molecule has 0 radical (unpaired) electrons. The van der Waals surface area contributed by atoms with E-state index in [2.05, 4.69) is 20.6 Å². The third-order valence-electron chi connectivity index (χ3n) is 6.11. The Kier molecular flexibility index (Phi) is 5.79. The van der Waals surface area contributed by atoms with Crippen molar-refractivity contribution in [3.8, 4) is 16.9 Å². The van der Waals surface area contributed by atoms with Crippen molar-refractivity contribution in [1.82, 2.24) is 25.5 Å². The fourth-order valence-corrected chi connectivity index (χ4v) is 4.81. The molecule has 2 atom stereocenters. The maximum atomic E-state index is 13.8. The number of tetrazole rings is 1. The van der Waals surface area contributed by atoms with Crippen molar-refractivity contribution in [2.45, 2.75) is 24.9 Å². The summed E-state index contributed by atoms with van der Waals surface area (Å²) in [6.45, 7) is 0. The second-order valence-electron chi connectivity index (χ2n) is 7.91. The average Bonchev–Trinajstić information content (AvgIpc) is 3.54. The van der Waals surface area contributed by atoms with E-state index in [9.17, 15) is 4.79 Å². The molecule has 1 aromatic heterocycles. The van der Waals surface area contributed by atoms with Gasteiger partial charge in [0.1, 0.15) is 5.75 Å². The number of aromatic amines is 1. The van der Waals surface area contributed by atoms with E-state index in [0.29, 0.717) is 16.4 Å². The van der Waals surface area contributed by atoms with E-state index in [4.69, 9.17) is 16.3 Å². The van der Waals surface area contributed by atoms with Gasteiger partial charge in [0.2, 0.25) is 0 Å². The number of halogens is 1. The third-order valence-corrected chi connectivity index (χ3v) is 6.46. The number of H-pyrrole nitrogens is 1. The molecule has 1 aliphatic heterocycles. The summed E-state index contributed by atoms with van der Waals surface area (Å²) in [5.41, 5.74) is 3.46. The molecule has 0 unspecified atom stereocenters. The molecule has 0 spiro atoms. The first-order valence-electron chi connectivity index (χ1n) is 10.7. The maximum absolute atomic E-state index is 13.8. The van der Waals surface area contributed by atoms with Crippen LogP contribution in [0.15, 0.2) is 72.8 Å². The number of ether oxygens (including phenoxy) is 1. The van der Waals surface area contributed by atoms with Crippen LogP contribution in [0, 0.1) is 0 Å². The van der Waals surface area contributed by atoms with Crippen molar-refractivity contribution in [2.75, 3.05) is 7.11 Å². The summed E-state index contributed by atoms with van der Waals surface area (Å²) in [5.74, 6) is 1.27. The van der Waals surface area contributed by atoms with Crippen LogP contribution in [-0.2, 0) is 0 Å². The zero-order valence-corrected chi connectivity index (χ0v) is 18.7. The van der Waals surface area contributed by atoms with Crippen molar-refractivity contribution >= 4 is 17.5 Å². The van der Waals surface area contributed by atoms with Gasteiger partial charge < -0.3 is 9.64 Å². The van der Waals surface area contributed by atoms with Gasteiger partial charge in [0.25, 0.3) is 5.91 Å². The molecular formula is C25H22ClN5O2. The number of hydrogen-bond acceptors (Lipinski definition) is 5. The lowest BCUT2D eigenvalue weighted by molar-refractivity contribution is 0.0656. The Morgan fingerprint density at radius 1 is 1.00 bits per heavy atom. The molecular weight excluding hydrogens is 438 g/mol. The van der Waals surface area contributed by atoms with Crippen LogP contribution in [0.2, 0.25) is 5.02 Å². The quantitative estimate of drug-likeness (QED) is 0.440. The Hall–Kier alpha value is -3.71. The SMILES string of the molecule is COc1ccccc1-c1ccc(C(=O)N2[C@@H](c3ccccc3Cl)CC[C@H]2c2nnn[nH]2)cc1. The summed E-state index contributed by atoms with van der Waals surface area (Å²) < 4.78 is 5.48. The first-order valence-corrected chi connectivity index (χ1v) is 11.1. The van der Waals surface area contributed by atoms with E-state index in [0.717, 1.165) is 35.3 Å². The smallest absolute Gasteiger partial charge is 0.254 e. The number of para-hydroxylation sites is 1. The van der Waals surface area contributed by atoms with Gasteiger partial charge >= 0.3 is 0 Å². The zero-order chi connectivity index (χ0) is 22.8. The van der Waals surface area contributed by atoms with Gasteiger partial charge in [0.15, 0.2) is 5.82 Å². The summed E-state index contributed by atoms with van der Waals surface area (Å²) in [7, 11) is 1.65. The number of amides is 1. The third kappa shape index (κ3) is 3.96. The number of methoxy groups -OCH3 is 1. The first kappa shape index (κ1) is 21.2. The summed E-state index contributed by atoms with van der Waals surface area (Å²) in [5, 5.41) is 15.0. The Balaban J connectivity index is 1.50. The standard InChI is InChI=1S/C25H22ClN5O2/c1-33-23-9-5-3-6-18(23)16-10-12-17(13-11-16)25(32)31-21(19-7-2-4-8-20(19)26)14-15-22(31)24-27-29-30-28-24/h2-13,21-22H,14-15H2,1H3,(H,27,28,29,30)/t21-,22+/m1/s1. The molecule has 3 aromatic carbocycles. The topological polar surface area (TPSA) is 84.0 Å². The van der Waals surface area contributed by atoms with Gasteiger partial charge in [-0.05, 0) is 58.7 Å². The number of aromatic nitrogens is 4. The summed E-state index contributed by atoms with van der Waals surface area (Å²) >= 11 is 6.51. The van der Waals surface area contributed by atoms with E-state index in [1.54, 1.807) is 7.11 Å². The van der Waals surface area contributed by atoms with Crippen LogP contribution in [0.5, 0.6) is 5.75 Å². The highest BCUT2D eigenvalue weighted by Gasteiger charge is 2.41. The van der Waals surface area contributed by atoms with Crippen molar-refractivity contribution in [3.05, 3.63) is 94.8 Å². The number of carbonyl (C=O) groups excluding carboxylic acids is 1. The lowest BCUT2D eigenvalue weighted by atomic mass is 10.0. The molecule has 5 rings (SSSR count). The molecule has 0 saturated carbocycles. The molecule has 2 heterocycles. The molecule has 1 amide bonds. The highest BCUT2D eigenvalue weighted by atomic mass is 35.5. The van der Waals surface area contributed by atoms with Gasteiger partial charge in [0.05, 0.1) is 19.2 Å². The van der Waals surface area contributed by atoms with Crippen molar-refractivity contribution in [2.24, 2.45) is 0 Å². The average molecular weight is 460 g/mol. The summed E-state index contributed by atoms with van der Waals surface area (Å²) in [6.07, 6.45) is 1.50. The molecule has 7 nitrogen and oxygen atoms in total. The Morgan fingerprint density at radius 3 is 2.45 bits per heavy atom. The molecule has 0 aliphatic carbocycles. The van der Waals surface area contributed by atoms with E-state index >= 15 is 0 Å². The van der Waals surface area contributed by atoms with Crippen LogP contribution in [0.3, 0.4) is 0 Å². The van der Waals surface area contributed by atoms with Gasteiger partial charge in [0, 0.05) is 16.1 Å². The van der Waals surface area contributed by atoms with Gasteiger partial charge in [-0.3, -0.25) is 4.79 Å². The molecule has 166 valence electrons. The van der Waals surface area contributed by atoms with Crippen LogP contribution >= 0.6 is 11.6 Å². The number of hydrogen-bond donors (Lipinski definition) is 1. The molecule has 4 aromatic rings. The minimum Gasteiger partial charge on any atom is -0.496 e. The van der Waals surface area contributed by atoms with Gasteiger partial charge in [-0.15, -0.1) is 5.10 Å². The van der Waals surface area contributed by atoms with Crippen LogP contribution in [0.1, 0.15) is 46.7 Å². The molecule has 8 heteroatoms. The van der Waals surface area contributed by atoms with Crippen LogP contribution < -0.4 is 4.74 Å². The van der Waals surface area contributed by atoms with Crippen LogP contribution in [0.4, 0.5) is 0 Å². The van der Waals surface area contributed by atoms with Crippen molar-refractivity contribution in [3.63, 3.8) is 0 Å². The number of carbonyl (C=O) groups is 1. The fraction of sp³-hybridized carbons (Fsp3) is 0.200. The number of likely N-dealkylation sites (tertiary alicyclic amines) is 1. The molecule has 1 N–H and O–H groups in total. The zero-order valence-electron chi connectivity index (χ0n) is 18.0. The molecule has 33 heavy (non-hydrogen) atoms. The van der Waals surface area contributed by atoms with Gasteiger partial charge in [-0.1, -0.05) is 60.1 Å².